The normalized spacial score (nSPS) is 26.0. The Morgan fingerprint density at radius 3 is 2.48 bits per heavy atom. The van der Waals surface area contributed by atoms with E-state index in [1.807, 2.05) is 0 Å². The quantitative estimate of drug-likeness (QED) is 0.840. The van der Waals surface area contributed by atoms with E-state index in [1.54, 1.807) is 6.07 Å². The van der Waals surface area contributed by atoms with E-state index >= 15 is 0 Å². The molecule has 0 spiro atoms. The molecule has 1 aromatic carbocycles. The van der Waals surface area contributed by atoms with Gasteiger partial charge in [0.2, 0.25) is 10.0 Å². The predicted octanol–water partition coefficient (Wildman–Crippen LogP) is 1.53. The average Bonchev–Trinajstić information content (AvgIpc) is 2.76. The summed E-state index contributed by atoms with van der Waals surface area (Å²) in [5.74, 6) is 0. The van der Waals surface area contributed by atoms with Crippen LogP contribution in [-0.4, -0.2) is 43.0 Å². The molecule has 0 radical (unpaired) electrons. The van der Waals surface area contributed by atoms with E-state index in [0.717, 1.165) is 12.8 Å². The molecule has 1 aromatic rings. The summed E-state index contributed by atoms with van der Waals surface area (Å²) in [6.45, 7) is 0.762. The van der Waals surface area contributed by atoms with Crippen molar-refractivity contribution in [3.05, 3.63) is 28.8 Å². The molecular formula is C13H15ClN2O3S2. The molecule has 2 aliphatic heterocycles. The molecule has 114 valence electrons. The molecule has 0 aromatic heterocycles. The highest BCUT2D eigenvalue weighted by molar-refractivity contribution is 7.89. The Hall–Kier alpha value is -0.730. The zero-order valence-electron chi connectivity index (χ0n) is 11.2. The number of hydrogen-bond donors (Lipinski definition) is 1. The lowest BCUT2D eigenvalue weighted by Crippen LogP contribution is -2.45. The Kier molecular flexibility index (Phi) is 3.96. The summed E-state index contributed by atoms with van der Waals surface area (Å²) < 4.78 is 32.6. The standard InChI is InChI=1S/C13H15ClN2O3S2/c14-11-5-8(13(15)20)1-4-12(11)21(17,18)16-6-9-2-3-10(7-16)19-9/h1,4-5,9-10H,2-3,6-7H2,(H2,15,20). The van der Waals surface area contributed by atoms with Gasteiger partial charge in [-0.15, -0.1) is 0 Å². The highest BCUT2D eigenvalue weighted by atomic mass is 35.5. The summed E-state index contributed by atoms with van der Waals surface area (Å²) >= 11 is 11.0. The number of thiocarbonyl (C=S) groups is 1. The highest BCUT2D eigenvalue weighted by Gasteiger charge is 2.39. The van der Waals surface area contributed by atoms with E-state index in [4.69, 9.17) is 34.3 Å². The highest BCUT2D eigenvalue weighted by Crippen LogP contribution is 2.32. The zero-order chi connectivity index (χ0) is 15.2. The van der Waals surface area contributed by atoms with E-state index in [1.165, 1.54) is 16.4 Å². The van der Waals surface area contributed by atoms with Crippen LogP contribution in [0.15, 0.2) is 23.1 Å². The van der Waals surface area contributed by atoms with Crippen LogP contribution in [0.4, 0.5) is 0 Å². The molecule has 0 saturated carbocycles. The second kappa shape index (κ2) is 5.48. The van der Waals surface area contributed by atoms with Crippen molar-refractivity contribution in [1.82, 2.24) is 4.31 Å². The summed E-state index contributed by atoms with van der Waals surface area (Å²) in [5.41, 5.74) is 6.08. The average molecular weight is 347 g/mol. The minimum absolute atomic E-state index is 0.00630. The molecule has 0 amide bonds. The monoisotopic (exact) mass is 346 g/mol. The molecule has 8 heteroatoms. The number of morpholine rings is 1. The molecule has 21 heavy (non-hydrogen) atoms. The number of benzene rings is 1. The van der Waals surface area contributed by atoms with E-state index in [2.05, 4.69) is 0 Å². The van der Waals surface area contributed by atoms with E-state index < -0.39 is 10.0 Å². The van der Waals surface area contributed by atoms with Gasteiger partial charge in [0.05, 0.1) is 17.2 Å². The minimum Gasteiger partial charge on any atom is -0.389 e. The van der Waals surface area contributed by atoms with Crippen molar-refractivity contribution in [2.75, 3.05) is 13.1 Å². The Morgan fingerprint density at radius 1 is 1.33 bits per heavy atom. The van der Waals surface area contributed by atoms with Gasteiger partial charge in [0.15, 0.2) is 0 Å². The molecule has 5 nitrogen and oxygen atoms in total. The molecule has 2 N–H and O–H groups in total. The van der Waals surface area contributed by atoms with Gasteiger partial charge in [-0.05, 0) is 25.0 Å². The third-order valence-electron chi connectivity index (χ3n) is 3.84. The number of hydrogen-bond acceptors (Lipinski definition) is 4. The fraction of sp³-hybridized carbons (Fsp3) is 0.462. The SMILES string of the molecule is NC(=S)c1ccc(S(=O)(=O)N2CC3CCC(C2)O3)c(Cl)c1. The summed E-state index contributed by atoms with van der Waals surface area (Å²) in [6.07, 6.45) is 1.80. The van der Waals surface area contributed by atoms with Gasteiger partial charge >= 0.3 is 0 Å². The molecule has 2 saturated heterocycles. The number of halogens is 1. The van der Waals surface area contributed by atoms with Gasteiger partial charge in [-0.3, -0.25) is 0 Å². The second-order valence-electron chi connectivity index (χ2n) is 5.29. The van der Waals surface area contributed by atoms with Gasteiger partial charge < -0.3 is 10.5 Å². The number of nitrogens with zero attached hydrogens (tertiary/aromatic N) is 1. The lowest BCUT2D eigenvalue weighted by atomic mass is 10.2. The summed E-state index contributed by atoms with van der Waals surface area (Å²) in [4.78, 5) is 0.274. The van der Waals surface area contributed by atoms with Gasteiger partial charge in [-0.1, -0.05) is 29.9 Å². The van der Waals surface area contributed by atoms with Crippen molar-refractivity contribution >= 4 is 38.8 Å². The first-order valence-electron chi connectivity index (χ1n) is 6.63. The maximum absolute atomic E-state index is 12.7. The smallest absolute Gasteiger partial charge is 0.244 e. The van der Waals surface area contributed by atoms with Gasteiger partial charge in [0.1, 0.15) is 9.88 Å². The van der Waals surface area contributed by atoms with Crippen LogP contribution < -0.4 is 5.73 Å². The first kappa shape index (κ1) is 15.2. The van der Waals surface area contributed by atoms with Crippen LogP contribution in [-0.2, 0) is 14.8 Å². The lowest BCUT2D eigenvalue weighted by Gasteiger charge is -2.31. The number of rotatable bonds is 3. The van der Waals surface area contributed by atoms with Gasteiger partial charge in [0.25, 0.3) is 0 Å². The van der Waals surface area contributed by atoms with Crippen LogP contribution in [0.5, 0.6) is 0 Å². The minimum atomic E-state index is -3.62. The van der Waals surface area contributed by atoms with E-state index in [0.29, 0.717) is 18.7 Å². The third-order valence-corrected chi connectivity index (χ3v) is 6.39. The summed E-state index contributed by atoms with van der Waals surface area (Å²) in [6, 6.07) is 4.53. The van der Waals surface area contributed by atoms with Gasteiger partial charge in [-0.2, -0.15) is 4.31 Å². The van der Waals surface area contributed by atoms with Gasteiger partial charge in [-0.25, -0.2) is 8.42 Å². The maximum atomic E-state index is 12.7. The van der Waals surface area contributed by atoms with Crippen LogP contribution in [0.25, 0.3) is 0 Å². The lowest BCUT2D eigenvalue weighted by molar-refractivity contribution is -0.0114. The fourth-order valence-electron chi connectivity index (χ4n) is 2.78. The molecular weight excluding hydrogens is 332 g/mol. The summed E-state index contributed by atoms with van der Waals surface area (Å²) in [5, 5.41) is 0.138. The Balaban J connectivity index is 1.93. The van der Waals surface area contributed by atoms with Crippen LogP contribution >= 0.6 is 23.8 Å². The zero-order valence-corrected chi connectivity index (χ0v) is 13.5. The molecule has 2 unspecified atom stereocenters. The van der Waals surface area contributed by atoms with Crippen LogP contribution in [0.3, 0.4) is 0 Å². The molecule has 2 heterocycles. The second-order valence-corrected chi connectivity index (χ2v) is 8.04. The number of ether oxygens (including phenoxy) is 1. The van der Waals surface area contributed by atoms with Gasteiger partial charge in [0, 0.05) is 18.7 Å². The Bertz CT molecular complexity index is 681. The summed E-state index contributed by atoms with van der Waals surface area (Å²) in [7, 11) is -3.62. The maximum Gasteiger partial charge on any atom is 0.244 e. The number of fused-ring (bicyclic) bond motifs is 2. The van der Waals surface area contributed by atoms with Crippen molar-refractivity contribution in [1.29, 1.82) is 0 Å². The molecule has 2 atom stereocenters. The van der Waals surface area contributed by atoms with Crippen molar-refractivity contribution in [2.45, 2.75) is 29.9 Å². The topological polar surface area (TPSA) is 72.6 Å². The van der Waals surface area contributed by atoms with Crippen LogP contribution in [0, 0.1) is 0 Å². The Morgan fingerprint density at radius 2 is 1.95 bits per heavy atom. The van der Waals surface area contributed by atoms with Crippen molar-refractivity contribution in [3.8, 4) is 0 Å². The first-order chi connectivity index (χ1) is 9.88. The molecule has 3 rings (SSSR count). The first-order valence-corrected chi connectivity index (χ1v) is 8.85. The molecule has 0 aliphatic carbocycles. The predicted molar refractivity (Wildman–Crippen MR) is 84.0 cm³/mol. The van der Waals surface area contributed by atoms with Crippen molar-refractivity contribution in [3.63, 3.8) is 0 Å². The van der Waals surface area contributed by atoms with E-state index in [9.17, 15) is 8.42 Å². The van der Waals surface area contributed by atoms with Crippen LogP contribution in [0.1, 0.15) is 18.4 Å². The third kappa shape index (κ3) is 2.80. The van der Waals surface area contributed by atoms with Crippen molar-refractivity contribution in [2.24, 2.45) is 5.73 Å². The molecule has 2 fully saturated rings. The number of nitrogens with two attached hydrogens (primary N) is 1. The molecule has 2 bridgehead atoms. The van der Waals surface area contributed by atoms with E-state index in [-0.39, 0.29) is 27.1 Å². The van der Waals surface area contributed by atoms with Crippen molar-refractivity contribution < 1.29 is 13.2 Å². The number of sulfonamides is 1. The largest absolute Gasteiger partial charge is 0.389 e. The molecule has 2 aliphatic rings. The fourth-order valence-corrected chi connectivity index (χ4v) is 4.92. The van der Waals surface area contributed by atoms with Crippen LogP contribution in [0.2, 0.25) is 5.02 Å². The Labute approximate surface area is 134 Å².